The van der Waals surface area contributed by atoms with Crippen LogP contribution < -0.4 is 4.74 Å². The quantitative estimate of drug-likeness (QED) is 0.922. The molecule has 0 aliphatic carbocycles. The smallest absolute Gasteiger partial charge is 0.133 e. The first-order valence-corrected chi connectivity index (χ1v) is 6.21. The summed E-state index contributed by atoms with van der Waals surface area (Å²) in [5.74, 6) is 0.852. The average molecular weight is 286 g/mol. The summed E-state index contributed by atoms with van der Waals surface area (Å²) in [4.78, 5) is 2.26. The average Bonchev–Trinajstić information content (AvgIpc) is 2.64. The second-order valence-corrected chi connectivity index (χ2v) is 5.00. The van der Waals surface area contributed by atoms with Gasteiger partial charge in [0.2, 0.25) is 0 Å². The Labute approximate surface area is 104 Å². The van der Waals surface area contributed by atoms with E-state index >= 15 is 0 Å². The van der Waals surface area contributed by atoms with E-state index in [-0.39, 0.29) is 6.10 Å². The van der Waals surface area contributed by atoms with E-state index in [1.807, 2.05) is 6.07 Å². The third-order valence-electron chi connectivity index (χ3n) is 2.87. The maximum atomic E-state index is 9.44. The van der Waals surface area contributed by atoms with E-state index in [2.05, 4.69) is 33.0 Å². The number of aliphatic hydroxyl groups is 1. The highest BCUT2D eigenvalue weighted by molar-refractivity contribution is 9.10. The largest absolute Gasteiger partial charge is 0.496 e. The van der Waals surface area contributed by atoms with Crippen molar-refractivity contribution in [3.8, 4) is 5.75 Å². The predicted octanol–water partition coefficient (Wildman–Crippen LogP) is 2.02. The molecule has 88 valence electrons. The number of ether oxygens (including phenoxy) is 1. The Morgan fingerprint density at radius 1 is 1.56 bits per heavy atom. The van der Waals surface area contributed by atoms with Crippen molar-refractivity contribution in [1.29, 1.82) is 0 Å². The first-order chi connectivity index (χ1) is 7.69. The molecule has 0 spiro atoms. The van der Waals surface area contributed by atoms with Gasteiger partial charge in [0.15, 0.2) is 0 Å². The zero-order valence-corrected chi connectivity index (χ0v) is 10.9. The standard InChI is InChI=1S/C12H16BrNO2/c1-16-12-3-2-9(6-11(12)13)7-14-5-4-10(15)8-14/h2-3,6,10,15H,4-5,7-8H2,1H3/t10-/m1/s1. The molecule has 1 saturated heterocycles. The van der Waals surface area contributed by atoms with Gasteiger partial charge >= 0.3 is 0 Å². The van der Waals surface area contributed by atoms with Crippen LogP contribution in [0.4, 0.5) is 0 Å². The van der Waals surface area contributed by atoms with Crippen molar-refractivity contribution in [2.24, 2.45) is 0 Å². The van der Waals surface area contributed by atoms with Crippen molar-refractivity contribution >= 4 is 15.9 Å². The van der Waals surface area contributed by atoms with Gasteiger partial charge in [-0.25, -0.2) is 0 Å². The molecule has 2 rings (SSSR count). The van der Waals surface area contributed by atoms with Crippen molar-refractivity contribution in [3.63, 3.8) is 0 Å². The van der Waals surface area contributed by atoms with Crippen LogP contribution >= 0.6 is 15.9 Å². The summed E-state index contributed by atoms with van der Waals surface area (Å²) in [5.41, 5.74) is 1.24. The minimum Gasteiger partial charge on any atom is -0.496 e. The fourth-order valence-electron chi connectivity index (χ4n) is 2.02. The molecule has 1 aromatic rings. The molecule has 0 aromatic heterocycles. The lowest BCUT2D eigenvalue weighted by Crippen LogP contribution is -2.21. The Hall–Kier alpha value is -0.580. The van der Waals surface area contributed by atoms with Crippen LogP contribution in [0.15, 0.2) is 22.7 Å². The van der Waals surface area contributed by atoms with Crippen molar-refractivity contribution in [3.05, 3.63) is 28.2 Å². The van der Waals surface area contributed by atoms with E-state index in [9.17, 15) is 5.11 Å². The fraction of sp³-hybridized carbons (Fsp3) is 0.500. The van der Waals surface area contributed by atoms with Gasteiger partial charge in [-0.15, -0.1) is 0 Å². The van der Waals surface area contributed by atoms with Crippen LogP contribution in [0, 0.1) is 0 Å². The van der Waals surface area contributed by atoms with Crippen LogP contribution in [0.5, 0.6) is 5.75 Å². The highest BCUT2D eigenvalue weighted by atomic mass is 79.9. The molecule has 16 heavy (non-hydrogen) atoms. The number of hydrogen-bond donors (Lipinski definition) is 1. The van der Waals surface area contributed by atoms with Gasteiger partial charge in [-0.3, -0.25) is 4.90 Å². The van der Waals surface area contributed by atoms with Crippen molar-refractivity contribution in [2.75, 3.05) is 20.2 Å². The van der Waals surface area contributed by atoms with E-state index in [4.69, 9.17) is 4.74 Å². The van der Waals surface area contributed by atoms with Gasteiger partial charge in [-0.1, -0.05) is 6.07 Å². The minimum absolute atomic E-state index is 0.151. The molecule has 4 heteroatoms. The first kappa shape index (κ1) is 11.9. The normalized spacial score (nSPS) is 21.3. The monoisotopic (exact) mass is 285 g/mol. The Kier molecular flexibility index (Phi) is 3.84. The molecule has 1 N–H and O–H groups in total. The summed E-state index contributed by atoms with van der Waals surface area (Å²) in [6.45, 7) is 2.65. The molecule has 1 aliphatic rings. The summed E-state index contributed by atoms with van der Waals surface area (Å²) in [6, 6.07) is 6.10. The number of halogens is 1. The minimum atomic E-state index is -0.151. The second kappa shape index (κ2) is 5.17. The van der Waals surface area contributed by atoms with Gasteiger partial charge in [0.05, 0.1) is 17.7 Å². The third-order valence-corrected chi connectivity index (χ3v) is 3.49. The number of β-amino-alcohol motifs (C(OH)–C–C–N with tert-alkyl or cyclic N) is 1. The van der Waals surface area contributed by atoms with E-state index in [1.54, 1.807) is 7.11 Å². The molecule has 1 fully saturated rings. The summed E-state index contributed by atoms with van der Waals surface area (Å²) in [6.07, 6.45) is 0.735. The number of nitrogens with zero attached hydrogens (tertiary/aromatic N) is 1. The van der Waals surface area contributed by atoms with Crippen molar-refractivity contribution in [2.45, 2.75) is 19.1 Å². The van der Waals surface area contributed by atoms with Crippen LogP contribution in [-0.4, -0.2) is 36.3 Å². The Bertz CT molecular complexity index is 370. The second-order valence-electron chi connectivity index (χ2n) is 4.15. The number of methoxy groups -OCH3 is 1. The van der Waals surface area contributed by atoms with Crippen molar-refractivity contribution < 1.29 is 9.84 Å². The summed E-state index contributed by atoms with van der Waals surface area (Å²) in [7, 11) is 1.66. The molecule has 1 aliphatic heterocycles. The highest BCUT2D eigenvalue weighted by Crippen LogP contribution is 2.26. The number of aliphatic hydroxyl groups excluding tert-OH is 1. The number of likely N-dealkylation sites (tertiary alicyclic amines) is 1. The van der Waals surface area contributed by atoms with E-state index in [0.29, 0.717) is 0 Å². The predicted molar refractivity (Wildman–Crippen MR) is 66.6 cm³/mol. The number of benzene rings is 1. The molecule has 1 heterocycles. The molecular weight excluding hydrogens is 270 g/mol. The molecule has 0 unspecified atom stereocenters. The molecule has 0 bridgehead atoms. The van der Waals surface area contributed by atoms with Gasteiger partial charge in [-0.05, 0) is 40.0 Å². The van der Waals surface area contributed by atoms with Gasteiger partial charge in [0.1, 0.15) is 5.75 Å². The van der Waals surface area contributed by atoms with Crippen molar-refractivity contribution in [1.82, 2.24) is 4.90 Å². The molecule has 1 aromatic carbocycles. The van der Waals surface area contributed by atoms with E-state index < -0.39 is 0 Å². The lowest BCUT2D eigenvalue weighted by atomic mass is 10.2. The summed E-state index contributed by atoms with van der Waals surface area (Å²) in [5, 5.41) is 9.44. The van der Waals surface area contributed by atoms with Crippen LogP contribution in [-0.2, 0) is 6.54 Å². The topological polar surface area (TPSA) is 32.7 Å². The highest BCUT2D eigenvalue weighted by Gasteiger charge is 2.20. The maximum Gasteiger partial charge on any atom is 0.133 e. The number of hydrogen-bond acceptors (Lipinski definition) is 3. The number of rotatable bonds is 3. The molecule has 0 amide bonds. The van der Waals surface area contributed by atoms with Gasteiger partial charge in [0.25, 0.3) is 0 Å². The summed E-state index contributed by atoms with van der Waals surface area (Å²) >= 11 is 3.48. The van der Waals surface area contributed by atoms with Gasteiger partial charge in [-0.2, -0.15) is 0 Å². The molecular formula is C12H16BrNO2. The lowest BCUT2D eigenvalue weighted by molar-refractivity contribution is 0.175. The van der Waals surface area contributed by atoms with Gasteiger partial charge in [0, 0.05) is 19.6 Å². The zero-order chi connectivity index (χ0) is 11.5. The fourth-order valence-corrected chi connectivity index (χ4v) is 2.61. The zero-order valence-electron chi connectivity index (χ0n) is 9.32. The lowest BCUT2D eigenvalue weighted by Gasteiger charge is -2.15. The van der Waals surface area contributed by atoms with Crippen LogP contribution in [0.3, 0.4) is 0 Å². The SMILES string of the molecule is COc1ccc(CN2CC[C@@H](O)C2)cc1Br. The van der Waals surface area contributed by atoms with E-state index in [0.717, 1.165) is 36.3 Å². The summed E-state index contributed by atoms with van der Waals surface area (Å²) < 4.78 is 6.17. The Morgan fingerprint density at radius 2 is 2.38 bits per heavy atom. The van der Waals surface area contributed by atoms with Gasteiger partial charge < -0.3 is 9.84 Å². The molecule has 0 radical (unpaired) electrons. The molecule has 1 atom stereocenters. The first-order valence-electron chi connectivity index (χ1n) is 5.42. The Morgan fingerprint density at radius 3 is 2.94 bits per heavy atom. The Balaban J connectivity index is 2.02. The van der Waals surface area contributed by atoms with Crippen LogP contribution in [0.2, 0.25) is 0 Å². The molecule has 0 saturated carbocycles. The van der Waals surface area contributed by atoms with Crippen LogP contribution in [0.25, 0.3) is 0 Å². The van der Waals surface area contributed by atoms with E-state index in [1.165, 1.54) is 5.56 Å². The molecule has 3 nitrogen and oxygen atoms in total. The third kappa shape index (κ3) is 2.75. The van der Waals surface area contributed by atoms with Crippen LogP contribution in [0.1, 0.15) is 12.0 Å². The maximum absolute atomic E-state index is 9.44.